The lowest BCUT2D eigenvalue weighted by atomic mass is 10.1. The summed E-state index contributed by atoms with van der Waals surface area (Å²) in [5.74, 6) is -0.910. The first-order valence-corrected chi connectivity index (χ1v) is 5.18. The number of ketones is 1. The number of carbonyl (C=O) groups excluding carboxylic acids is 2. The van der Waals surface area contributed by atoms with Gasteiger partial charge in [0.25, 0.3) is 0 Å². The third-order valence-corrected chi connectivity index (χ3v) is 2.28. The van der Waals surface area contributed by atoms with Gasteiger partial charge in [-0.1, -0.05) is 0 Å². The van der Waals surface area contributed by atoms with Gasteiger partial charge in [0.05, 0.1) is 7.11 Å². The second-order valence-corrected chi connectivity index (χ2v) is 3.86. The Kier molecular flexibility index (Phi) is 4.49. The summed E-state index contributed by atoms with van der Waals surface area (Å²) in [7, 11) is 4.74. The zero-order valence-electron chi connectivity index (χ0n) is 9.86. The van der Waals surface area contributed by atoms with E-state index in [-0.39, 0.29) is 11.4 Å². The van der Waals surface area contributed by atoms with Gasteiger partial charge in [0.15, 0.2) is 5.78 Å². The van der Waals surface area contributed by atoms with Gasteiger partial charge in [-0.2, -0.15) is 0 Å². The standard InChI is InChI=1S/C11H17NO4/c1-12(2)7-8(11(14)15-3)10(13)9-5-4-6-16-9/h7,9H,4-6H2,1-3H3/t9-/m1/s1. The van der Waals surface area contributed by atoms with E-state index in [1.54, 1.807) is 19.0 Å². The van der Waals surface area contributed by atoms with Crippen LogP contribution >= 0.6 is 0 Å². The summed E-state index contributed by atoms with van der Waals surface area (Å²) in [6, 6.07) is 0. The van der Waals surface area contributed by atoms with Crippen molar-refractivity contribution in [3.05, 3.63) is 11.8 Å². The second kappa shape index (κ2) is 5.65. The van der Waals surface area contributed by atoms with Gasteiger partial charge in [-0.05, 0) is 12.8 Å². The van der Waals surface area contributed by atoms with Crippen LogP contribution in [0.4, 0.5) is 0 Å². The molecule has 0 unspecified atom stereocenters. The number of esters is 1. The molecule has 1 heterocycles. The molecule has 1 saturated heterocycles. The van der Waals surface area contributed by atoms with Crippen LogP contribution in [0.5, 0.6) is 0 Å². The first kappa shape index (κ1) is 12.7. The van der Waals surface area contributed by atoms with Gasteiger partial charge in [0.2, 0.25) is 0 Å². The van der Waals surface area contributed by atoms with Gasteiger partial charge >= 0.3 is 5.97 Å². The highest BCUT2D eigenvalue weighted by Gasteiger charge is 2.30. The molecule has 0 spiro atoms. The highest BCUT2D eigenvalue weighted by molar-refractivity contribution is 6.18. The van der Waals surface area contributed by atoms with Crippen LogP contribution < -0.4 is 0 Å². The van der Waals surface area contributed by atoms with E-state index in [0.717, 1.165) is 6.42 Å². The first-order chi connectivity index (χ1) is 7.56. The van der Waals surface area contributed by atoms with Crippen molar-refractivity contribution in [2.45, 2.75) is 18.9 Å². The normalized spacial score (nSPS) is 20.7. The molecule has 1 aliphatic heterocycles. The zero-order chi connectivity index (χ0) is 12.1. The smallest absolute Gasteiger partial charge is 0.343 e. The van der Waals surface area contributed by atoms with Crippen LogP contribution in [0.25, 0.3) is 0 Å². The van der Waals surface area contributed by atoms with Gasteiger partial charge < -0.3 is 14.4 Å². The van der Waals surface area contributed by atoms with Crippen molar-refractivity contribution in [2.24, 2.45) is 0 Å². The summed E-state index contributed by atoms with van der Waals surface area (Å²) in [6.45, 7) is 0.576. The average molecular weight is 227 g/mol. The molecule has 5 heteroatoms. The maximum Gasteiger partial charge on any atom is 0.343 e. The SMILES string of the molecule is COC(=O)C(=CN(C)C)C(=O)[C@H]1CCCO1. The fourth-order valence-electron chi connectivity index (χ4n) is 1.54. The highest BCUT2D eigenvalue weighted by atomic mass is 16.5. The molecule has 1 atom stereocenters. The Bertz CT molecular complexity index is 303. The van der Waals surface area contributed by atoms with Gasteiger partial charge in [-0.25, -0.2) is 4.79 Å². The van der Waals surface area contributed by atoms with E-state index >= 15 is 0 Å². The molecule has 1 aliphatic rings. The monoisotopic (exact) mass is 227 g/mol. The molecule has 1 rings (SSSR count). The van der Waals surface area contributed by atoms with E-state index < -0.39 is 12.1 Å². The quantitative estimate of drug-likeness (QED) is 0.300. The number of rotatable bonds is 4. The van der Waals surface area contributed by atoms with Crippen LogP contribution in [0.1, 0.15) is 12.8 Å². The van der Waals surface area contributed by atoms with Crippen molar-refractivity contribution in [1.29, 1.82) is 0 Å². The number of ether oxygens (including phenoxy) is 2. The van der Waals surface area contributed by atoms with Crippen LogP contribution in [-0.4, -0.2) is 50.6 Å². The maximum absolute atomic E-state index is 12.0. The lowest BCUT2D eigenvalue weighted by Gasteiger charge is -2.12. The zero-order valence-corrected chi connectivity index (χ0v) is 9.86. The van der Waals surface area contributed by atoms with E-state index in [0.29, 0.717) is 13.0 Å². The molecule has 1 fully saturated rings. The topological polar surface area (TPSA) is 55.8 Å². The molecule has 0 bridgehead atoms. The summed E-state index contributed by atoms with van der Waals surface area (Å²) < 4.78 is 9.84. The van der Waals surface area contributed by atoms with Crippen LogP contribution in [0.2, 0.25) is 0 Å². The summed E-state index contributed by atoms with van der Waals surface area (Å²) >= 11 is 0. The molecular formula is C11H17NO4. The molecule has 0 aliphatic carbocycles. The van der Waals surface area contributed by atoms with Gasteiger partial charge in [0.1, 0.15) is 11.7 Å². The van der Waals surface area contributed by atoms with Crippen LogP contribution in [0.15, 0.2) is 11.8 Å². The molecule has 5 nitrogen and oxygen atoms in total. The van der Waals surface area contributed by atoms with E-state index in [1.165, 1.54) is 13.3 Å². The molecule has 0 radical (unpaired) electrons. The second-order valence-electron chi connectivity index (χ2n) is 3.86. The lowest BCUT2D eigenvalue weighted by molar-refractivity contribution is -0.139. The van der Waals surface area contributed by atoms with Crippen LogP contribution in [0, 0.1) is 0 Å². The molecular weight excluding hydrogens is 210 g/mol. The minimum atomic E-state index is -0.616. The summed E-state index contributed by atoms with van der Waals surface area (Å²) in [5, 5.41) is 0. The Morgan fingerprint density at radius 1 is 1.44 bits per heavy atom. The Balaban J connectivity index is 2.83. The highest BCUT2D eigenvalue weighted by Crippen LogP contribution is 2.17. The van der Waals surface area contributed by atoms with Crippen molar-refractivity contribution < 1.29 is 19.1 Å². The molecule has 0 aromatic heterocycles. The van der Waals surface area contributed by atoms with E-state index in [2.05, 4.69) is 4.74 Å². The number of carbonyl (C=O) groups is 2. The average Bonchev–Trinajstić information content (AvgIpc) is 2.77. The van der Waals surface area contributed by atoms with Gasteiger partial charge in [0, 0.05) is 26.9 Å². The minimum Gasteiger partial charge on any atom is -0.465 e. The summed E-state index contributed by atoms with van der Waals surface area (Å²) in [4.78, 5) is 25.1. The van der Waals surface area contributed by atoms with Crippen LogP contribution in [0.3, 0.4) is 0 Å². The van der Waals surface area contributed by atoms with Crippen molar-refractivity contribution in [1.82, 2.24) is 4.90 Å². The predicted octanol–water partition coefficient (Wildman–Crippen LogP) is 0.353. The van der Waals surface area contributed by atoms with Crippen molar-refractivity contribution >= 4 is 11.8 Å². The summed E-state index contributed by atoms with van der Waals surface area (Å²) in [6.07, 6.45) is 2.49. The Morgan fingerprint density at radius 2 is 2.12 bits per heavy atom. The van der Waals surface area contributed by atoms with E-state index in [9.17, 15) is 9.59 Å². The summed E-state index contributed by atoms with van der Waals surface area (Å²) in [5.41, 5.74) is 0.0411. The largest absolute Gasteiger partial charge is 0.465 e. The van der Waals surface area contributed by atoms with E-state index in [1.807, 2.05) is 0 Å². The molecule has 0 aromatic carbocycles. The fourth-order valence-corrected chi connectivity index (χ4v) is 1.54. The Hall–Kier alpha value is -1.36. The Morgan fingerprint density at radius 3 is 2.56 bits per heavy atom. The fraction of sp³-hybridized carbons (Fsp3) is 0.636. The number of nitrogens with zero attached hydrogens (tertiary/aromatic N) is 1. The predicted molar refractivity (Wildman–Crippen MR) is 57.8 cm³/mol. The van der Waals surface area contributed by atoms with Crippen molar-refractivity contribution in [2.75, 3.05) is 27.8 Å². The third-order valence-electron chi connectivity index (χ3n) is 2.28. The molecule has 0 N–H and O–H groups in total. The van der Waals surface area contributed by atoms with Crippen molar-refractivity contribution in [3.8, 4) is 0 Å². The molecule has 0 amide bonds. The van der Waals surface area contributed by atoms with Crippen LogP contribution in [-0.2, 0) is 19.1 Å². The number of Topliss-reactive ketones (excluding diaryl/α,β-unsaturated/α-hetero) is 1. The third kappa shape index (κ3) is 3.06. The number of hydrogen-bond donors (Lipinski definition) is 0. The molecule has 0 aromatic rings. The molecule has 90 valence electrons. The van der Waals surface area contributed by atoms with E-state index in [4.69, 9.17) is 4.74 Å². The number of methoxy groups -OCH3 is 1. The van der Waals surface area contributed by atoms with Crippen molar-refractivity contribution in [3.63, 3.8) is 0 Å². The molecule has 16 heavy (non-hydrogen) atoms. The Labute approximate surface area is 95.0 Å². The molecule has 0 saturated carbocycles. The minimum absolute atomic E-state index is 0.0411. The van der Waals surface area contributed by atoms with Gasteiger partial charge in [-0.15, -0.1) is 0 Å². The lowest BCUT2D eigenvalue weighted by Crippen LogP contribution is -2.27. The number of hydrogen-bond acceptors (Lipinski definition) is 5. The first-order valence-electron chi connectivity index (χ1n) is 5.18. The maximum atomic E-state index is 12.0. The van der Waals surface area contributed by atoms with Gasteiger partial charge in [-0.3, -0.25) is 4.79 Å².